The maximum atomic E-state index is 12.4. The van der Waals surface area contributed by atoms with Gasteiger partial charge in [0.25, 0.3) is 0 Å². The van der Waals surface area contributed by atoms with Gasteiger partial charge in [-0.05, 0) is 32.7 Å². The number of carbonyl (C=O) groups excluding carboxylic acids is 4. The number of nitrogens with one attached hydrogen (secondary N) is 3. The van der Waals surface area contributed by atoms with Crippen LogP contribution in [0.2, 0.25) is 0 Å². The Kier molecular flexibility index (Phi) is 12.6. The molecule has 0 radical (unpaired) electrons. The van der Waals surface area contributed by atoms with E-state index in [4.69, 9.17) is 17.2 Å². The van der Waals surface area contributed by atoms with E-state index in [1.807, 2.05) is 0 Å². The van der Waals surface area contributed by atoms with E-state index in [1.165, 1.54) is 6.92 Å². The van der Waals surface area contributed by atoms with Crippen molar-refractivity contribution in [2.45, 2.75) is 56.8 Å². The van der Waals surface area contributed by atoms with Gasteiger partial charge in [-0.25, -0.2) is 4.79 Å². The molecule has 12 nitrogen and oxygen atoms in total. The van der Waals surface area contributed by atoms with Gasteiger partial charge in [0.15, 0.2) is 0 Å². The van der Waals surface area contributed by atoms with Crippen LogP contribution in [0.1, 0.15) is 32.6 Å². The van der Waals surface area contributed by atoms with Crippen LogP contribution >= 0.6 is 12.6 Å². The van der Waals surface area contributed by atoms with Gasteiger partial charge in [0.05, 0.1) is 12.5 Å². The van der Waals surface area contributed by atoms with Crippen LogP contribution in [0, 0.1) is 0 Å². The Labute approximate surface area is 174 Å². The first-order valence-electron chi connectivity index (χ1n) is 9.02. The molecule has 0 aliphatic heterocycles. The molecule has 166 valence electrons. The second kappa shape index (κ2) is 13.7. The first-order chi connectivity index (χ1) is 13.5. The van der Waals surface area contributed by atoms with Crippen molar-refractivity contribution < 1.29 is 29.1 Å². The molecule has 0 fully saturated rings. The average Bonchev–Trinajstić information content (AvgIpc) is 2.63. The minimum absolute atomic E-state index is 0.156. The van der Waals surface area contributed by atoms with Gasteiger partial charge in [-0.1, -0.05) is 0 Å². The molecule has 0 aromatic heterocycles. The molecule has 0 heterocycles. The maximum Gasteiger partial charge on any atom is 0.326 e. The lowest BCUT2D eigenvalue weighted by Crippen LogP contribution is -2.58. The Balaban J connectivity index is 5.09. The number of carboxylic acids is 1. The standard InChI is InChI=1S/C16H30N6O6S/c1-8(18)13(24)21-10(6-12(19)23)14(25)22-11(7-29)15(26)20-9(16(27)28)4-2-3-5-17/h8-11,29H,2-7,17-18H2,1H3,(H2,19,23)(H,20,26)(H,21,24)(H,22,25)(H,27,28). The number of aliphatic carboxylic acids is 1. The fraction of sp³-hybridized carbons (Fsp3) is 0.688. The molecule has 0 aliphatic rings. The van der Waals surface area contributed by atoms with Crippen LogP contribution in [0.5, 0.6) is 0 Å². The van der Waals surface area contributed by atoms with Crippen molar-refractivity contribution in [2.75, 3.05) is 12.3 Å². The summed E-state index contributed by atoms with van der Waals surface area (Å²) in [5.74, 6) is -4.56. The highest BCUT2D eigenvalue weighted by Crippen LogP contribution is 2.03. The van der Waals surface area contributed by atoms with E-state index in [2.05, 4.69) is 28.6 Å². The quantitative estimate of drug-likeness (QED) is 0.102. The Morgan fingerprint density at radius 3 is 1.90 bits per heavy atom. The molecule has 0 spiro atoms. The molecule has 4 amide bonds. The zero-order chi connectivity index (χ0) is 22.6. The Morgan fingerprint density at radius 1 is 0.931 bits per heavy atom. The summed E-state index contributed by atoms with van der Waals surface area (Å²) in [6.07, 6.45) is 0.748. The summed E-state index contributed by atoms with van der Waals surface area (Å²) in [6, 6.07) is -4.65. The molecule has 13 heteroatoms. The summed E-state index contributed by atoms with van der Waals surface area (Å²) in [5, 5.41) is 16.2. The highest BCUT2D eigenvalue weighted by Gasteiger charge is 2.29. The van der Waals surface area contributed by atoms with Crippen molar-refractivity contribution in [3.63, 3.8) is 0 Å². The average molecular weight is 435 g/mol. The monoisotopic (exact) mass is 434 g/mol. The number of thiol groups is 1. The molecule has 0 saturated heterocycles. The number of amides is 4. The van der Waals surface area contributed by atoms with Crippen molar-refractivity contribution in [3.8, 4) is 0 Å². The summed E-state index contributed by atoms with van der Waals surface area (Å²) < 4.78 is 0. The SMILES string of the molecule is CC(N)C(=O)NC(CC(N)=O)C(=O)NC(CS)C(=O)NC(CCCCN)C(=O)O. The topological polar surface area (TPSA) is 220 Å². The lowest BCUT2D eigenvalue weighted by atomic mass is 10.1. The van der Waals surface area contributed by atoms with E-state index in [0.717, 1.165) is 0 Å². The molecule has 0 saturated carbocycles. The van der Waals surface area contributed by atoms with E-state index in [-0.39, 0.29) is 12.2 Å². The maximum absolute atomic E-state index is 12.4. The second-order valence-corrected chi connectivity index (χ2v) is 6.81. The highest BCUT2D eigenvalue weighted by atomic mass is 32.1. The highest BCUT2D eigenvalue weighted by molar-refractivity contribution is 7.80. The molecule has 0 aromatic rings. The Hall–Kier alpha value is -2.38. The van der Waals surface area contributed by atoms with Crippen molar-refractivity contribution in [1.29, 1.82) is 0 Å². The van der Waals surface area contributed by atoms with Crippen molar-refractivity contribution in [3.05, 3.63) is 0 Å². The van der Waals surface area contributed by atoms with Gasteiger partial charge in [0.1, 0.15) is 18.1 Å². The summed E-state index contributed by atoms with van der Waals surface area (Å²) in [6.45, 7) is 1.78. The molecule has 29 heavy (non-hydrogen) atoms. The first kappa shape index (κ1) is 26.6. The van der Waals surface area contributed by atoms with Gasteiger partial charge < -0.3 is 38.3 Å². The number of unbranched alkanes of at least 4 members (excludes halogenated alkanes) is 1. The van der Waals surface area contributed by atoms with Gasteiger partial charge in [0.2, 0.25) is 23.6 Å². The number of hydrogen-bond donors (Lipinski definition) is 8. The van der Waals surface area contributed by atoms with Crippen LogP contribution in [-0.2, 0) is 24.0 Å². The van der Waals surface area contributed by atoms with Gasteiger partial charge in [0, 0.05) is 5.75 Å². The number of carboxylic acid groups (broad SMARTS) is 1. The van der Waals surface area contributed by atoms with E-state index in [1.54, 1.807) is 0 Å². The molecular formula is C16H30N6O6S. The predicted octanol–water partition coefficient (Wildman–Crippen LogP) is -3.19. The summed E-state index contributed by atoms with van der Waals surface area (Å²) >= 11 is 3.99. The zero-order valence-corrected chi connectivity index (χ0v) is 17.1. The lowest BCUT2D eigenvalue weighted by molar-refractivity contribution is -0.142. The first-order valence-corrected chi connectivity index (χ1v) is 9.65. The van der Waals surface area contributed by atoms with Crippen LogP contribution < -0.4 is 33.2 Å². The van der Waals surface area contributed by atoms with Gasteiger partial charge in [-0.2, -0.15) is 12.6 Å². The predicted molar refractivity (Wildman–Crippen MR) is 108 cm³/mol. The van der Waals surface area contributed by atoms with Crippen LogP contribution in [0.15, 0.2) is 0 Å². The van der Waals surface area contributed by atoms with Crippen LogP contribution in [0.3, 0.4) is 0 Å². The number of carbonyl (C=O) groups is 5. The van der Waals surface area contributed by atoms with Crippen molar-refractivity contribution in [2.24, 2.45) is 17.2 Å². The molecule has 4 atom stereocenters. The summed E-state index contributed by atoms with van der Waals surface area (Å²) in [7, 11) is 0. The Morgan fingerprint density at radius 2 is 1.45 bits per heavy atom. The number of rotatable bonds is 14. The molecule has 10 N–H and O–H groups in total. The largest absolute Gasteiger partial charge is 0.480 e. The fourth-order valence-electron chi connectivity index (χ4n) is 2.20. The minimum atomic E-state index is -1.35. The third kappa shape index (κ3) is 10.7. The smallest absolute Gasteiger partial charge is 0.326 e. The van der Waals surface area contributed by atoms with E-state index < -0.39 is 60.2 Å². The molecule has 0 aromatic carbocycles. The number of hydrogen-bond acceptors (Lipinski definition) is 8. The minimum Gasteiger partial charge on any atom is -0.480 e. The lowest BCUT2D eigenvalue weighted by Gasteiger charge is -2.23. The van der Waals surface area contributed by atoms with Crippen LogP contribution in [0.25, 0.3) is 0 Å². The summed E-state index contributed by atoms with van der Waals surface area (Å²) in [5.41, 5.74) is 15.9. The molecule has 0 aliphatic carbocycles. The third-order valence-electron chi connectivity index (χ3n) is 3.83. The number of nitrogens with two attached hydrogens (primary N) is 3. The van der Waals surface area contributed by atoms with Crippen molar-refractivity contribution >= 4 is 42.2 Å². The van der Waals surface area contributed by atoms with E-state index >= 15 is 0 Å². The normalized spacial score (nSPS) is 14.8. The third-order valence-corrected chi connectivity index (χ3v) is 4.19. The molecule has 4 unspecified atom stereocenters. The zero-order valence-electron chi connectivity index (χ0n) is 16.2. The van der Waals surface area contributed by atoms with Crippen LogP contribution in [0.4, 0.5) is 0 Å². The van der Waals surface area contributed by atoms with Crippen molar-refractivity contribution in [1.82, 2.24) is 16.0 Å². The van der Waals surface area contributed by atoms with Gasteiger partial charge >= 0.3 is 5.97 Å². The van der Waals surface area contributed by atoms with E-state index in [0.29, 0.717) is 19.4 Å². The fourth-order valence-corrected chi connectivity index (χ4v) is 2.46. The molecule has 0 rings (SSSR count). The van der Waals surface area contributed by atoms with E-state index in [9.17, 15) is 29.1 Å². The summed E-state index contributed by atoms with van der Waals surface area (Å²) in [4.78, 5) is 59.0. The molecule has 0 bridgehead atoms. The Bertz CT molecular complexity index is 602. The van der Waals surface area contributed by atoms with Crippen LogP contribution in [-0.4, -0.2) is 71.2 Å². The number of primary amides is 1. The van der Waals surface area contributed by atoms with Gasteiger partial charge in [-0.15, -0.1) is 0 Å². The second-order valence-electron chi connectivity index (χ2n) is 6.45. The molecular weight excluding hydrogens is 404 g/mol. The van der Waals surface area contributed by atoms with Gasteiger partial charge in [-0.3, -0.25) is 19.2 Å².